The van der Waals surface area contributed by atoms with Gasteiger partial charge in [0.2, 0.25) is 0 Å². The van der Waals surface area contributed by atoms with Crippen molar-refractivity contribution in [2.24, 2.45) is 16.0 Å². The lowest BCUT2D eigenvalue weighted by molar-refractivity contribution is 0.0633. The number of fused-ring (bicyclic) bond motifs is 1. The number of piperidine rings is 1. The van der Waals surface area contributed by atoms with Gasteiger partial charge in [-0.3, -0.25) is 23.6 Å². The van der Waals surface area contributed by atoms with Gasteiger partial charge in [0.15, 0.2) is 5.84 Å². The Balaban J connectivity index is 1.26. The van der Waals surface area contributed by atoms with Gasteiger partial charge in [-0.25, -0.2) is 4.39 Å². The second kappa shape index (κ2) is 9.76. The van der Waals surface area contributed by atoms with Crippen LogP contribution in [0.1, 0.15) is 28.8 Å². The maximum absolute atomic E-state index is 13.3. The van der Waals surface area contributed by atoms with Gasteiger partial charge >= 0.3 is 0 Å². The lowest BCUT2D eigenvalue weighted by atomic mass is 9.98. The summed E-state index contributed by atoms with van der Waals surface area (Å²) in [5.74, 6) is 0.165. The van der Waals surface area contributed by atoms with Crippen LogP contribution in [-0.2, 0) is 0 Å². The van der Waals surface area contributed by atoms with Crippen molar-refractivity contribution in [2.75, 3.05) is 24.4 Å². The monoisotopic (exact) mass is 511 g/mol. The molecule has 1 aromatic heterocycles. The standard InChI is InChI=1S/C25H26FN5O4S/c26-19-8-6-17(7-9-19)21-13-18(10-11-28-21)25(32)31-12-2-3-16(14-31)15-35-22-5-1-4-20-23(22)24(27)30-36(33,34)29-20/h1,4-11,13,16,29,33-34H,2-3,12,14-15H2,(H2,27,30)/t16-/m0/s1. The molecule has 188 valence electrons. The van der Waals surface area contributed by atoms with Crippen molar-refractivity contribution in [1.29, 1.82) is 0 Å². The summed E-state index contributed by atoms with van der Waals surface area (Å²) in [6.45, 7) is 1.54. The second-order valence-corrected chi connectivity index (χ2v) is 10.2. The summed E-state index contributed by atoms with van der Waals surface area (Å²) in [5.41, 5.74) is 8.77. The number of hydrogen-bond donors (Lipinski definition) is 4. The van der Waals surface area contributed by atoms with Gasteiger partial charge in [-0.05, 0) is 72.3 Å². The zero-order valence-electron chi connectivity index (χ0n) is 19.3. The molecule has 1 amide bonds. The van der Waals surface area contributed by atoms with Crippen LogP contribution in [0.5, 0.6) is 5.75 Å². The summed E-state index contributed by atoms with van der Waals surface area (Å²) in [6, 6.07) is 14.6. The van der Waals surface area contributed by atoms with Crippen LogP contribution in [-0.4, -0.2) is 50.4 Å². The van der Waals surface area contributed by atoms with Crippen molar-refractivity contribution in [3.8, 4) is 17.0 Å². The molecule has 0 bridgehead atoms. The van der Waals surface area contributed by atoms with Crippen LogP contribution in [0.3, 0.4) is 0 Å². The van der Waals surface area contributed by atoms with Crippen molar-refractivity contribution >= 4 is 28.4 Å². The average molecular weight is 512 g/mol. The van der Waals surface area contributed by atoms with Crippen molar-refractivity contribution < 1.29 is 23.0 Å². The molecule has 3 heterocycles. The Kier molecular flexibility index (Phi) is 6.52. The minimum Gasteiger partial charge on any atom is -0.492 e. The van der Waals surface area contributed by atoms with E-state index >= 15 is 0 Å². The number of aromatic nitrogens is 1. The molecule has 0 spiro atoms. The minimum absolute atomic E-state index is 0.00514. The summed E-state index contributed by atoms with van der Waals surface area (Å²) < 4.78 is 45.3. The van der Waals surface area contributed by atoms with E-state index in [1.807, 2.05) is 4.90 Å². The van der Waals surface area contributed by atoms with E-state index in [0.717, 1.165) is 18.4 Å². The minimum atomic E-state index is -3.37. The highest BCUT2D eigenvalue weighted by molar-refractivity contribution is 8.24. The molecular formula is C25H26FN5O4S. The molecule has 5 rings (SSSR count). The Morgan fingerprint density at radius 3 is 2.83 bits per heavy atom. The van der Waals surface area contributed by atoms with Crippen LogP contribution < -0.4 is 15.2 Å². The average Bonchev–Trinajstić information content (AvgIpc) is 2.87. The van der Waals surface area contributed by atoms with Gasteiger partial charge in [-0.1, -0.05) is 6.07 Å². The number of hydrogen-bond acceptors (Lipinski definition) is 8. The normalized spacial score (nSPS) is 19.5. The van der Waals surface area contributed by atoms with Gasteiger partial charge in [0.25, 0.3) is 5.91 Å². The first-order valence-corrected chi connectivity index (χ1v) is 13.0. The molecule has 11 heteroatoms. The summed E-state index contributed by atoms with van der Waals surface area (Å²) in [7, 11) is -3.37. The number of rotatable bonds is 5. The molecule has 1 fully saturated rings. The number of amides is 1. The number of anilines is 1. The number of carbonyl (C=O) groups excluding carboxylic acids is 1. The van der Waals surface area contributed by atoms with Crippen molar-refractivity contribution in [3.63, 3.8) is 0 Å². The zero-order chi connectivity index (χ0) is 25.3. The first kappa shape index (κ1) is 24.0. The Bertz CT molecular complexity index is 1320. The number of likely N-dealkylation sites (tertiary alicyclic amines) is 1. The summed E-state index contributed by atoms with van der Waals surface area (Å²) in [5, 5.41) is 0. The second-order valence-electron chi connectivity index (χ2n) is 8.78. The van der Waals surface area contributed by atoms with E-state index in [2.05, 4.69) is 14.1 Å². The molecule has 2 aliphatic rings. The maximum atomic E-state index is 13.3. The van der Waals surface area contributed by atoms with E-state index in [9.17, 15) is 18.3 Å². The molecule has 9 nitrogen and oxygen atoms in total. The fraction of sp³-hybridized carbons (Fsp3) is 0.240. The SMILES string of the molecule is NC1=NS(O)(O)Nc2cccc(OC[C@H]3CCCN(C(=O)c4ccnc(-c5ccc(F)cc5)c4)C3)c21. The number of nitrogens with one attached hydrogen (secondary N) is 1. The number of ether oxygens (including phenoxy) is 1. The molecule has 0 radical (unpaired) electrons. The van der Waals surface area contributed by atoms with Crippen molar-refractivity contribution in [2.45, 2.75) is 12.8 Å². The fourth-order valence-electron chi connectivity index (χ4n) is 4.47. The molecule has 3 aromatic rings. The van der Waals surface area contributed by atoms with Crippen LogP contribution in [0.15, 0.2) is 65.2 Å². The molecule has 2 aromatic carbocycles. The van der Waals surface area contributed by atoms with E-state index in [0.29, 0.717) is 48.0 Å². The molecule has 36 heavy (non-hydrogen) atoms. The number of nitrogens with two attached hydrogens (primary N) is 1. The van der Waals surface area contributed by atoms with Crippen LogP contribution in [0, 0.1) is 11.7 Å². The lowest BCUT2D eigenvalue weighted by Crippen LogP contribution is -2.41. The predicted molar refractivity (Wildman–Crippen MR) is 137 cm³/mol. The van der Waals surface area contributed by atoms with Gasteiger partial charge in [0, 0.05) is 36.3 Å². The molecule has 1 atom stereocenters. The van der Waals surface area contributed by atoms with Gasteiger partial charge in [0.05, 0.1) is 23.6 Å². The smallest absolute Gasteiger partial charge is 0.253 e. The number of pyridine rings is 1. The van der Waals surface area contributed by atoms with Gasteiger partial charge in [-0.15, -0.1) is 4.40 Å². The highest BCUT2D eigenvalue weighted by Crippen LogP contribution is 2.46. The van der Waals surface area contributed by atoms with Crippen molar-refractivity contribution in [3.05, 3.63) is 77.7 Å². The lowest BCUT2D eigenvalue weighted by Gasteiger charge is -2.34. The maximum Gasteiger partial charge on any atom is 0.253 e. The van der Waals surface area contributed by atoms with E-state index < -0.39 is 11.0 Å². The van der Waals surface area contributed by atoms with Gasteiger partial charge in [-0.2, -0.15) is 0 Å². The largest absolute Gasteiger partial charge is 0.492 e. The Morgan fingerprint density at radius 2 is 2.03 bits per heavy atom. The third-order valence-electron chi connectivity index (χ3n) is 6.18. The van der Waals surface area contributed by atoms with Crippen LogP contribution in [0.25, 0.3) is 11.3 Å². The molecular weight excluding hydrogens is 485 g/mol. The van der Waals surface area contributed by atoms with Crippen LogP contribution in [0.4, 0.5) is 10.1 Å². The van der Waals surface area contributed by atoms with E-state index in [1.54, 1.807) is 48.7 Å². The summed E-state index contributed by atoms with van der Waals surface area (Å²) in [4.78, 5) is 19.4. The number of halogens is 1. The number of nitrogens with zero attached hydrogens (tertiary/aromatic N) is 3. The van der Waals surface area contributed by atoms with E-state index in [1.165, 1.54) is 12.1 Å². The van der Waals surface area contributed by atoms with Gasteiger partial charge < -0.3 is 15.4 Å². The molecule has 1 saturated heterocycles. The Hall–Kier alpha value is -3.67. The molecule has 5 N–H and O–H groups in total. The highest BCUT2D eigenvalue weighted by atomic mass is 32.3. The fourth-order valence-corrected chi connectivity index (χ4v) is 5.35. The third-order valence-corrected chi connectivity index (χ3v) is 7.13. The highest BCUT2D eigenvalue weighted by Gasteiger charge is 2.28. The number of benzene rings is 2. The molecule has 2 aliphatic heterocycles. The predicted octanol–water partition coefficient (Wildman–Crippen LogP) is 4.53. The Labute approximate surface area is 209 Å². The quantitative estimate of drug-likeness (QED) is 0.395. The van der Waals surface area contributed by atoms with E-state index in [-0.39, 0.29) is 23.5 Å². The zero-order valence-corrected chi connectivity index (χ0v) is 20.1. The van der Waals surface area contributed by atoms with E-state index in [4.69, 9.17) is 10.5 Å². The van der Waals surface area contributed by atoms with Crippen molar-refractivity contribution in [1.82, 2.24) is 9.88 Å². The first-order valence-electron chi connectivity index (χ1n) is 11.5. The number of amidine groups is 1. The summed E-state index contributed by atoms with van der Waals surface area (Å²) in [6.07, 6.45) is 3.33. The molecule has 0 aliphatic carbocycles. The van der Waals surface area contributed by atoms with Crippen LogP contribution >= 0.6 is 11.0 Å². The van der Waals surface area contributed by atoms with Crippen LogP contribution in [0.2, 0.25) is 0 Å². The molecule has 0 unspecified atom stereocenters. The Morgan fingerprint density at radius 1 is 1.22 bits per heavy atom. The number of carbonyl (C=O) groups is 1. The summed E-state index contributed by atoms with van der Waals surface area (Å²) >= 11 is 0. The first-order chi connectivity index (χ1) is 17.3. The topological polar surface area (TPSA) is 133 Å². The molecule has 0 saturated carbocycles. The third kappa shape index (κ3) is 5.13. The van der Waals surface area contributed by atoms with Gasteiger partial charge in [0.1, 0.15) is 11.6 Å².